The molecule has 11 aromatic rings. The highest BCUT2D eigenvalue weighted by Gasteiger charge is 2.18. The van der Waals surface area contributed by atoms with Gasteiger partial charge in [-0.25, -0.2) is 9.97 Å². The number of pyridine rings is 4. The van der Waals surface area contributed by atoms with E-state index in [1.54, 1.807) is 0 Å². The van der Waals surface area contributed by atoms with Gasteiger partial charge in [0.25, 0.3) is 0 Å². The minimum atomic E-state index is 0.889. The molecule has 0 N–H and O–H groups in total. The Bertz CT molecular complexity index is 3170. The van der Waals surface area contributed by atoms with E-state index in [1.807, 2.05) is 0 Å². The topological polar surface area (TPSA) is 51.6 Å². The number of aromatic nitrogens is 4. The Labute approximate surface area is 348 Å². The second kappa shape index (κ2) is 14.5. The second-order valence-corrected chi connectivity index (χ2v) is 15.5. The summed E-state index contributed by atoms with van der Waals surface area (Å²) in [4.78, 5) is 21.1. The molecule has 0 amide bonds. The van der Waals surface area contributed by atoms with Crippen molar-refractivity contribution < 1.29 is 0 Å². The molecule has 0 radical (unpaired) electrons. The molecule has 0 unspecified atom stereocenters. The highest BCUT2D eigenvalue weighted by molar-refractivity contribution is 6.14. The SMILES string of the molecule is Cc1cc(-c2ccccc2)c2ccc3c(-c4ccccc4)cc(-c4ccc(-c5cc(-c6ccccc6)c6ccc7c(-c8ccccc8)cc(C)nc7c6n5)cc4)nc3c2n1. The molecule has 0 aliphatic rings. The summed E-state index contributed by atoms with van der Waals surface area (Å²) in [6, 6.07) is 68.6. The molecule has 60 heavy (non-hydrogen) atoms. The van der Waals surface area contributed by atoms with E-state index in [0.717, 1.165) is 122 Å². The lowest BCUT2D eigenvalue weighted by atomic mass is 9.93. The lowest BCUT2D eigenvalue weighted by Crippen LogP contribution is -1.96. The molecule has 282 valence electrons. The van der Waals surface area contributed by atoms with Crippen LogP contribution in [0.15, 0.2) is 194 Å². The number of hydrogen-bond donors (Lipinski definition) is 0. The van der Waals surface area contributed by atoms with Crippen LogP contribution in [-0.2, 0) is 0 Å². The molecule has 0 spiro atoms. The van der Waals surface area contributed by atoms with Crippen LogP contribution >= 0.6 is 0 Å². The van der Waals surface area contributed by atoms with Gasteiger partial charge in [-0.3, -0.25) is 9.97 Å². The van der Waals surface area contributed by atoms with Gasteiger partial charge in [0.15, 0.2) is 0 Å². The summed E-state index contributed by atoms with van der Waals surface area (Å²) in [5, 5.41) is 4.32. The van der Waals surface area contributed by atoms with E-state index in [0.29, 0.717) is 0 Å². The van der Waals surface area contributed by atoms with Crippen LogP contribution in [0.1, 0.15) is 11.4 Å². The number of hydrogen-bond acceptors (Lipinski definition) is 4. The normalized spacial score (nSPS) is 11.5. The predicted molar refractivity (Wildman–Crippen MR) is 250 cm³/mol. The highest BCUT2D eigenvalue weighted by Crippen LogP contribution is 2.40. The molecule has 0 atom stereocenters. The van der Waals surface area contributed by atoms with E-state index in [4.69, 9.17) is 19.9 Å². The van der Waals surface area contributed by atoms with Crippen LogP contribution in [0.25, 0.3) is 111 Å². The van der Waals surface area contributed by atoms with E-state index in [-0.39, 0.29) is 0 Å². The van der Waals surface area contributed by atoms with Gasteiger partial charge in [-0.15, -0.1) is 0 Å². The number of rotatable bonds is 6. The first-order chi connectivity index (χ1) is 29.6. The highest BCUT2D eigenvalue weighted by atomic mass is 14.8. The molecule has 0 aliphatic heterocycles. The molecule has 11 rings (SSSR count). The third kappa shape index (κ3) is 6.18. The molecule has 0 fully saturated rings. The monoisotopic (exact) mass is 766 g/mol. The van der Waals surface area contributed by atoms with Gasteiger partial charge in [-0.05, 0) is 82.6 Å². The van der Waals surface area contributed by atoms with Crippen LogP contribution in [0, 0.1) is 13.8 Å². The van der Waals surface area contributed by atoms with Crippen LogP contribution in [0.4, 0.5) is 0 Å². The van der Waals surface area contributed by atoms with Crippen molar-refractivity contribution in [1.82, 2.24) is 19.9 Å². The van der Waals surface area contributed by atoms with Crippen molar-refractivity contribution in [1.29, 1.82) is 0 Å². The largest absolute Gasteiger partial charge is 0.251 e. The summed E-state index contributed by atoms with van der Waals surface area (Å²) in [6.45, 7) is 4.13. The fourth-order valence-corrected chi connectivity index (χ4v) is 8.74. The maximum atomic E-state index is 5.42. The zero-order chi connectivity index (χ0) is 40.2. The van der Waals surface area contributed by atoms with Crippen LogP contribution < -0.4 is 0 Å². The summed E-state index contributed by atoms with van der Waals surface area (Å²) in [6.07, 6.45) is 0. The van der Waals surface area contributed by atoms with Crippen molar-refractivity contribution in [3.8, 4) is 67.0 Å². The van der Waals surface area contributed by atoms with Gasteiger partial charge < -0.3 is 0 Å². The van der Waals surface area contributed by atoms with E-state index in [9.17, 15) is 0 Å². The van der Waals surface area contributed by atoms with Crippen molar-refractivity contribution in [3.05, 3.63) is 206 Å². The molecule has 4 heterocycles. The van der Waals surface area contributed by atoms with Gasteiger partial charge >= 0.3 is 0 Å². The zero-order valence-corrected chi connectivity index (χ0v) is 33.3. The standard InChI is InChI=1S/C56H38N4/c1-35-31-47(37-15-7-3-8-16-37)43-27-29-45-49(39-19-11-5-12-20-39)33-51(59-55(45)53(43)57-35)41-23-25-42(26-24-41)52-34-50(40-21-13-6-14-22-40)46-30-28-44-48(38-17-9-4-10-18-38)32-36(2)58-54(44)56(46)60-52/h3-34H,1-2H3. The minimum Gasteiger partial charge on any atom is -0.251 e. The third-order valence-corrected chi connectivity index (χ3v) is 11.6. The molecule has 4 nitrogen and oxygen atoms in total. The maximum Gasteiger partial charge on any atom is 0.0978 e. The Hall–Kier alpha value is -7.82. The second-order valence-electron chi connectivity index (χ2n) is 15.5. The average molecular weight is 767 g/mol. The minimum absolute atomic E-state index is 0.889. The molecule has 0 aliphatic carbocycles. The van der Waals surface area contributed by atoms with E-state index >= 15 is 0 Å². The average Bonchev–Trinajstić information content (AvgIpc) is 3.31. The molecule has 4 aromatic heterocycles. The van der Waals surface area contributed by atoms with E-state index in [1.165, 1.54) is 0 Å². The Balaban J connectivity index is 1.09. The van der Waals surface area contributed by atoms with Gasteiger partial charge in [0.1, 0.15) is 0 Å². The van der Waals surface area contributed by atoms with Gasteiger partial charge in [-0.1, -0.05) is 170 Å². The Morgan fingerprint density at radius 2 is 0.517 bits per heavy atom. The number of aryl methyl sites for hydroxylation is 2. The summed E-state index contributed by atoms with van der Waals surface area (Å²) in [5.74, 6) is 0. The zero-order valence-electron chi connectivity index (χ0n) is 33.3. The van der Waals surface area contributed by atoms with Gasteiger partial charge in [-0.2, -0.15) is 0 Å². The smallest absolute Gasteiger partial charge is 0.0978 e. The molecule has 4 heteroatoms. The number of nitrogens with zero attached hydrogens (tertiary/aromatic N) is 4. The molecule has 0 saturated carbocycles. The quantitative estimate of drug-likeness (QED) is 0.158. The molecule has 0 saturated heterocycles. The lowest BCUT2D eigenvalue weighted by molar-refractivity contribution is 1.25. The van der Waals surface area contributed by atoms with Gasteiger partial charge in [0, 0.05) is 44.1 Å². The van der Waals surface area contributed by atoms with Crippen LogP contribution in [0.5, 0.6) is 0 Å². The number of benzene rings is 7. The van der Waals surface area contributed by atoms with Crippen molar-refractivity contribution in [2.75, 3.05) is 0 Å². The maximum absolute atomic E-state index is 5.42. The summed E-state index contributed by atoms with van der Waals surface area (Å²) in [7, 11) is 0. The predicted octanol–water partition coefficient (Wildman–Crippen LogP) is 14.5. The first kappa shape index (κ1) is 35.4. The Morgan fingerprint density at radius 3 is 0.817 bits per heavy atom. The van der Waals surface area contributed by atoms with Gasteiger partial charge in [0.2, 0.25) is 0 Å². The van der Waals surface area contributed by atoms with Crippen molar-refractivity contribution in [3.63, 3.8) is 0 Å². The molecule has 7 aromatic carbocycles. The van der Waals surface area contributed by atoms with E-state index in [2.05, 4.69) is 208 Å². The van der Waals surface area contributed by atoms with Crippen molar-refractivity contribution in [2.24, 2.45) is 0 Å². The summed E-state index contributed by atoms with van der Waals surface area (Å²) < 4.78 is 0. The Morgan fingerprint density at radius 1 is 0.250 bits per heavy atom. The van der Waals surface area contributed by atoms with Crippen LogP contribution in [-0.4, -0.2) is 19.9 Å². The van der Waals surface area contributed by atoms with E-state index < -0.39 is 0 Å². The molecular weight excluding hydrogens is 729 g/mol. The van der Waals surface area contributed by atoms with Gasteiger partial charge in [0.05, 0.1) is 33.5 Å². The molecular formula is C56H38N4. The van der Waals surface area contributed by atoms with Crippen molar-refractivity contribution >= 4 is 43.6 Å². The van der Waals surface area contributed by atoms with Crippen LogP contribution in [0.3, 0.4) is 0 Å². The van der Waals surface area contributed by atoms with Crippen molar-refractivity contribution in [2.45, 2.75) is 13.8 Å². The number of fused-ring (bicyclic) bond motifs is 6. The molecule has 0 bridgehead atoms. The first-order valence-electron chi connectivity index (χ1n) is 20.4. The Kier molecular flexibility index (Phi) is 8.56. The summed E-state index contributed by atoms with van der Waals surface area (Å²) in [5.41, 5.74) is 18.5. The van der Waals surface area contributed by atoms with Crippen LogP contribution in [0.2, 0.25) is 0 Å². The third-order valence-electron chi connectivity index (χ3n) is 11.6. The lowest BCUT2D eigenvalue weighted by Gasteiger charge is -2.15. The fraction of sp³-hybridized carbons (Fsp3) is 0.0357. The first-order valence-corrected chi connectivity index (χ1v) is 20.4. The fourth-order valence-electron chi connectivity index (χ4n) is 8.74. The summed E-state index contributed by atoms with van der Waals surface area (Å²) >= 11 is 0.